The van der Waals surface area contributed by atoms with Gasteiger partial charge in [-0.15, -0.1) is 0 Å². The molecule has 1 heterocycles. The van der Waals surface area contributed by atoms with Gasteiger partial charge < -0.3 is 10.0 Å². The highest BCUT2D eigenvalue weighted by Gasteiger charge is 2.20. The van der Waals surface area contributed by atoms with Gasteiger partial charge in [-0.1, -0.05) is 37.6 Å². The molecule has 2 rings (SSSR count). The lowest BCUT2D eigenvalue weighted by Gasteiger charge is -2.22. The molecule has 0 spiro atoms. The second kappa shape index (κ2) is 8.17. The van der Waals surface area contributed by atoms with Crippen molar-refractivity contribution in [3.63, 3.8) is 0 Å². The fourth-order valence-corrected chi connectivity index (χ4v) is 3.35. The second-order valence-electron chi connectivity index (χ2n) is 6.63. The number of halogens is 1. The maximum Gasteiger partial charge on any atom is 0.0802 e. The van der Waals surface area contributed by atoms with Crippen molar-refractivity contribution in [3.05, 3.63) is 34.9 Å². The van der Waals surface area contributed by atoms with Gasteiger partial charge in [0.1, 0.15) is 0 Å². The quantitative estimate of drug-likeness (QED) is 0.864. The lowest BCUT2D eigenvalue weighted by Crippen LogP contribution is -2.27. The third kappa shape index (κ3) is 5.28. The van der Waals surface area contributed by atoms with Gasteiger partial charge in [-0.3, -0.25) is 0 Å². The van der Waals surface area contributed by atoms with E-state index in [1.807, 2.05) is 24.3 Å². The first-order chi connectivity index (χ1) is 10.1. The van der Waals surface area contributed by atoms with E-state index in [4.69, 9.17) is 11.6 Å². The van der Waals surface area contributed by atoms with E-state index in [2.05, 4.69) is 18.7 Å². The molecule has 1 aliphatic heterocycles. The van der Waals surface area contributed by atoms with Crippen LogP contribution in [0.25, 0.3) is 0 Å². The molecule has 0 radical (unpaired) electrons. The molecule has 118 valence electrons. The zero-order valence-electron chi connectivity index (χ0n) is 13.3. The summed E-state index contributed by atoms with van der Waals surface area (Å²) in [7, 11) is 0. The van der Waals surface area contributed by atoms with Gasteiger partial charge in [-0.25, -0.2) is 0 Å². The number of nitrogens with zero attached hydrogens (tertiary/aromatic N) is 1. The van der Waals surface area contributed by atoms with E-state index in [0.717, 1.165) is 35.4 Å². The molecule has 0 bridgehead atoms. The SMILES string of the molecule is CC(C)C1CCCN(CCC(O)c2ccc(Cl)cc2)CC1. The van der Waals surface area contributed by atoms with Crippen LogP contribution in [0.1, 0.15) is 51.2 Å². The highest BCUT2D eigenvalue weighted by atomic mass is 35.5. The van der Waals surface area contributed by atoms with Gasteiger partial charge in [-0.2, -0.15) is 0 Å². The summed E-state index contributed by atoms with van der Waals surface area (Å²) >= 11 is 5.88. The molecule has 1 aliphatic rings. The molecule has 1 aromatic rings. The Kier molecular flexibility index (Phi) is 6.53. The van der Waals surface area contributed by atoms with Crippen molar-refractivity contribution in [2.45, 2.75) is 45.6 Å². The van der Waals surface area contributed by atoms with Crippen LogP contribution in [-0.4, -0.2) is 29.6 Å². The monoisotopic (exact) mass is 309 g/mol. The molecule has 1 fully saturated rings. The Morgan fingerprint density at radius 2 is 1.90 bits per heavy atom. The van der Waals surface area contributed by atoms with E-state index in [1.165, 1.54) is 32.4 Å². The Morgan fingerprint density at radius 1 is 1.19 bits per heavy atom. The van der Waals surface area contributed by atoms with Crippen LogP contribution in [0.3, 0.4) is 0 Å². The average molecular weight is 310 g/mol. The molecule has 3 heteroatoms. The van der Waals surface area contributed by atoms with Crippen molar-refractivity contribution in [2.24, 2.45) is 11.8 Å². The topological polar surface area (TPSA) is 23.5 Å². The first kappa shape index (κ1) is 16.8. The molecule has 2 atom stereocenters. The molecule has 21 heavy (non-hydrogen) atoms. The molecule has 0 aliphatic carbocycles. The normalized spacial score (nSPS) is 22.2. The van der Waals surface area contributed by atoms with Crippen LogP contribution in [0, 0.1) is 11.8 Å². The second-order valence-corrected chi connectivity index (χ2v) is 7.07. The van der Waals surface area contributed by atoms with E-state index < -0.39 is 0 Å². The molecule has 0 saturated carbocycles. The fraction of sp³-hybridized carbons (Fsp3) is 0.667. The lowest BCUT2D eigenvalue weighted by atomic mass is 9.89. The molecule has 0 aromatic heterocycles. The van der Waals surface area contributed by atoms with Crippen LogP contribution >= 0.6 is 11.6 Å². The molecule has 0 amide bonds. The van der Waals surface area contributed by atoms with Crippen LogP contribution in [0.15, 0.2) is 24.3 Å². The molecule has 2 unspecified atom stereocenters. The maximum atomic E-state index is 10.3. The number of likely N-dealkylation sites (tertiary alicyclic amines) is 1. The van der Waals surface area contributed by atoms with E-state index in [1.54, 1.807) is 0 Å². The third-order valence-corrected chi connectivity index (χ3v) is 5.03. The Hall–Kier alpha value is -0.570. The molecule has 1 saturated heterocycles. The fourth-order valence-electron chi connectivity index (χ4n) is 3.23. The molecule has 1 N–H and O–H groups in total. The van der Waals surface area contributed by atoms with E-state index >= 15 is 0 Å². The van der Waals surface area contributed by atoms with Gasteiger partial charge >= 0.3 is 0 Å². The van der Waals surface area contributed by atoms with Gasteiger partial charge in [0, 0.05) is 11.6 Å². The van der Waals surface area contributed by atoms with Gasteiger partial charge in [0.2, 0.25) is 0 Å². The van der Waals surface area contributed by atoms with Gasteiger partial charge in [0.15, 0.2) is 0 Å². The molecular weight excluding hydrogens is 282 g/mol. The number of aliphatic hydroxyl groups is 1. The zero-order chi connectivity index (χ0) is 15.2. The number of rotatable bonds is 5. The van der Waals surface area contributed by atoms with Crippen molar-refractivity contribution in [1.82, 2.24) is 4.90 Å². The van der Waals surface area contributed by atoms with Crippen LogP contribution in [-0.2, 0) is 0 Å². The molecular formula is C18H28ClNO. The summed E-state index contributed by atoms with van der Waals surface area (Å²) in [6.07, 6.45) is 4.36. The minimum absolute atomic E-state index is 0.383. The van der Waals surface area contributed by atoms with Crippen LogP contribution < -0.4 is 0 Å². The Bertz CT molecular complexity index is 418. The van der Waals surface area contributed by atoms with E-state index in [-0.39, 0.29) is 6.10 Å². The van der Waals surface area contributed by atoms with E-state index in [9.17, 15) is 5.11 Å². The summed E-state index contributed by atoms with van der Waals surface area (Å²) in [5.74, 6) is 1.67. The molecule has 1 aromatic carbocycles. The van der Waals surface area contributed by atoms with Crippen LogP contribution in [0.5, 0.6) is 0 Å². The van der Waals surface area contributed by atoms with Gasteiger partial charge in [0.05, 0.1) is 6.10 Å². The van der Waals surface area contributed by atoms with Gasteiger partial charge in [0.25, 0.3) is 0 Å². The summed E-state index contributed by atoms with van der Waals surface area (Å²) in [6.45, 7) is 8.01. The summed E-state index contributed by atoms with van der Waals surface area (Å²) in [4.78, 5) is 2.52. The van der Waals surface area contributed by atoms with Crippen LogP contribution in [0.4, 0.5) is 0 Å². The summed E-state index contributed by atoms with van der Waals surface area (Å²) in [5.41, 5.74) is 0.967. The number of aliphatic hydroxyl groups excluding tert-OH is 1. The summed E-state index contributed by atoms with van der Waals surface area (Å²) in [6, 6.07) is 7.53. The summed E-state index contributed by atoms with van der Waals surface area (Å²) in [5, 5.41) is 11.0. The minimum Gasteiger partial charge on any atom is -0.388 e. The largest absolute Gasteiger partial charge is 0.388 e. The van der Waals surface area contributed by atoms with Crippen molar-refractivity contribution in [1.29, 1.82) is 0 Å². The first-order valence-electron chi connectivity index (χ1n) is 8.22. The van der Waals surface area contributed by atoms with E-state index in [0.29, 0.717) is 0 Å². The average Bonchev–Trinajstić information content (AvgIpc) is 2.71. The lowest BCUT2D eigenvalue weighted by molar-refractivity contribution is 0.142. The zero-order valence-corrected chi connectivity index (χ0v) is 14.0. The number of hydrogen-bond acceptors (Lipinski definition) is 2. The van der Waals surface area contributed by atoms with Crippen molar-refractivity contribution in [3.8, 4) is 0 Å². The standard InChI is InChI=1S/C18H28ClNO/c1-14(2)15-4-3-11-20(12-9-15)13-10-18(21)16-5-7-17(19)8-6-16/h5-8,14-15,18,21H,3-4,9-13H2,1-2H3. The predicted molar refractivity (Wildman–Crippen MR) is 89.6 cm³/mol. The minimum atomic E-state index is -0.383. The smallest absolute Gasteiger partial charge is 0.0802 e. The number of benzene rings is 1. The number of hydrogen-bond donors (Lipinski definition) is 1. The van der Waals surface area contributed by atoms with Gasteiger partial charge in [-0.05, 0) is 68.3 Å². The van der Waals surface area contributed by atoms with Crippen molar-refractivity contribution < 1.29 is 5.11 Å². The Morgan fingerprint density at radius 3 is 2.57 bits per heavy atom. The van der Waals surface area contributed by atoms with Crippen molar-refractivity contribution >= 4 is 11.6 Å². The first-order valence-corrected chi connectivity index (χ1v) is 8.60. The highest BCUT2D eigenvalue weighted by Crippen LogP contribution is 2.25. The van der Waals surface area contributed by atoms with Crippen LogP contribution in [0.2, 0.25) is 5.02 Å². The highest BCUT2D eigenvalue weighted by molar-refractivity contribution is 6.30. The molecule has 2 nitrogen and oxygen atoms in total. The maximum absolute atomic E-state index is 10.3. The Balaban J connectivity index is 1.78. The van der Waals surface area contributed by atoms with Crippen molar-refractivity contribution in [2.75, 3.05) is 19.6 Å². The predicted octanol–water partition coefficient (Wildman–Crippen LogP) is 4.52. The third-order valence-electron chi connectivity index (χ3n) is 4.78. The summed E-state index contributed by atoms with van der Waals surface area (Å²) < 4.78 is 0. The Labute approximate surface area is 134 Å².